The molecule has 0 saturated carbocycles. The lowest BCUT2D eigenvalue weighted by molar-refractivity contribution is 0.664. The molecule has 0 atom stereocenters. The van der Waals surface area contributed by atoms with Crippen LogP contribution in [0.15, 0.2) is 30.3 Å². The Morgan fingerprint density at radius 3 is 2.58 bits per heavy atom. The van der Waals surface area contributed by atoms with Gasteiger partial charge in [-0.25, -0.2) is 4.98 Å². The van der Waals surface area contributed by atoms with Gasteiger partial charge in [-0.2, -0.15) is 0 Å². The van der Waals surface area contributed by atoms with Gasteiger partial charge in [0.25, 0.3) is 0 Å². The number of thiazole rings is 1. The van der Waals surface area contributed by atoms with E-state index in [-0.39, 0.29) is 0 Å². The number of nitrogens with zero attached hydrogens (tertiary/aromatic N) is 1. The van der Waals surface area contributed by atoms with E-state index >= 15 is 0 Å². The van der Waals surface area contributed by atoms with Crippen LogP contribution in [0.3, 0.4) is 0 Å². The zero-order chi connectivity index (χ0) is 13.7. The number of benzene rings is 1. The highest BCUT2D eigenvalue weighted by Crippen LogP contribution is 2.33. The summed E-state index contributed by atoms with van der Waals surface area (Å²) in [5.41, 5.74) is 2.47. The molecule has 1 heterocycles. The quantitative estimate of drug-likeness (QED) is 0.788. The molecule has 0 saturated heterocycles. The lowest BCUT2D eigenvalue weighted by Gasteiger charge is -2.03. The largest absolute Gasteiger partial charge is 0.311 e. The Labute approximate surface area is 119 Å². The highest BCUT2D eigenvalue weighted by Gasteiger charge is 2.14. The second kappa shape index (κ2) is 6.83. The Hall–Kier alpha value is -1.19. The molecule has 3 heteroatoms. The van der Waals surface area contributed by atoms with Crippen molar-refractivity contribution in [3.63, 3.8) is 0 Å². The van der Waals surface area contributed by atoms with Gasteiger partial charge in [-0.15, -0.1) is 11.3 Å². The zero-order valence-corrected chi connectivity index (χ0v) is 12.8. The minimum Gasteiger partial charge on any atom is -0.311 e. The Morgan fingerprint density at radius 1 is 1.21 bits per heavy atom. The van der Waals surface area contributed by atoms with E-state index in [4.69, 9.17) is 4.98 Å². The van der Waals surface area contributed by atoms with E-state index in [1.54, 1.807) is 0 Å². The number of rotatable bonds is 6. The second-order valence-corrected chi connectivity index (χ2v) is 6.06. The van der Waals surface area contributed by atoms with Crippen LogP contribution in [0.5, 0.6) is 0 Å². The maximum atomic E-state index is 4.81. The summed E-state index contributed by atoms with van der Waals surface area (Å²) in [6, 6.07) is 10.6. The maximum Gasteiger partial charge on any atom is 0.0960 e. The summed E-state index contributed by atoms with van der Waals surface area (Å²) in [5, 5.41) is 4.69. The predicted molar refractivity (Wildman–Crippen MR) is 83.6 cm³/mol. The average Bonchev–Trinajstić information content (AvgIpc) is 2.84. The van der Waals surface area contributed by atoms with Crippen molar-refractivity contribution in [2.45, 2.75) is 39.7 Å². The van der Waals surface area contributed by atoms with Crippen molar-refractivity contribution in [1.82, 2.24) is 10.3 Å². The number of hydrogen-bond acceptors (Lipinski definition) is 3. The standard InChI is InChI=1S/C16H22N2S/c1-4-10-17-11-14-15(13-8-6-5-7-9-13)19-16(18-14)12(2)3/h5-9,12,17H,4,10-11H2,1-3H3. The van der Waals surface area contributed by atoms with Crippen LogP contribution in [0, 0.1) is 0 Å². The smallest absolute Gasteiger partial charge is 0.0960 e. The third kappa shape index (κ3) is 3.64. The first-order valence-electron chi connectivity index (χ1n) is 6.98. The highest BCUT2D eigenvalue weighted by atomic mass is 32.1. The van der Waals surface area contributed by atoms with Gasteiger partial charge >= 0.3 is 0 Å². The predicted octanol–water partition coefficient (Wildman–Crippen LogP) is 4.43. The van der Waals surface area contributed by atoms with Crippen molar-refractivity contribution in [1.29, 1.82) is 0 Å². The fraction of sp³-hybridized carbons (Fsp3) is 0.438. The maximum absolute atomic E-state index is 4.81. The van der Waals surface area contributed by atoms with Gasteiger partial charge in [0.15, 0.2) is 0 Å². The second-order valence-electron chi connectivity index (χ2n) is 5.03. The van der Waals surface area contributed by atoms with Crippen molar-refractivity contribution in [2.75, 3.05) is 6.54 Å². The normalized spacial score (nSPS) is 11.2. The fourth-order valence-corrected chi connectivity index (χ4v) is 3.03. The van der Waals surface area contributed by atoms with E-state index in [1.807, 2.05) is 11.3 Å². The summed E-state index contributed by atoms with van der Waals surface area (Å²) in [7, 11) is 0. The molecule has 102 valence electrons. The van der Waals surface area contributed by atoms with Crippen molar-refractivity contribution < 1.29 is 0 Å². The van der Waals surface area contributed by atoms with Crippen LogP contribution in [0.1, 0.15) is 43.8 Å². The Morgan fingerprint density at radius 2 is 1.95 bits per heavy atom. The van der Waals surface area contributed by atoms with Gasteiger partial charge in [0.2, 0.25) is 0 Å². The summed E-state index contributed by atoms with van der Waals surface area (Å²) in [6.45, 7) is 8.50. The van der Waals surface area contributed by atoms with Crippen LogP contribution in [0.25, 0.3) is 10.4 Å². The van der Waals surface area contributed by atoms with Gasteiger partial charge in [0.05, 0.1) is 15.6 Å². The molecule has 0 bridgehead atoms. The molecule has 2 rings (SSSR count). The third-order valence-corrected chi connectivity index (χ3v) is 4.41. The molecule has 0 radical (unpaired) electrons. The summed E-state index contributed by atoms with van der Waals surface area (Å²) < 4.78 is 0. The van der Waals surface area contributed by atoms with Crippen LogP contribution in [-0.2, 0) is 6.54 Å². The monoisotopic (exact) mass is 274 g/mol. The molecule has 0 aliphatic rings. The topological polar surface area (TPSA) is 24.9 Å². The highest BCUT2D eigenvalue weighted by molar-refractivity contribution is 7.15. The summed E-state index contributed by atoms with van der Waals surface area (Å²) >= 11 is 1.83. The van der Waals surface area contributed by atoms with Crippen LogP contribution in [0.2, 0.25) is 0 Å². The van der Waals surface area contributed by atoms with Crippen molar-refractivity contribution >= 4 is 11.3 Å². The number of hydrogen-bond donors (Lipinski definition) is 1. The molecule has 2 aromatic rings. The molecule has 0 fully saturated rings. The van der Waals surface area contributed by atoms with E-state index in [1.165, 1.54) is 21.1 Å². The molecular weight excluding hydrogens is 252 g/mol. The van der Waals surface area contributed by atoms with Gasteiger partial charge < -0.3 is 5.32 Å². The first kappa shape index (κ1) is 14.2. The third-order valence-electron chi connectivity index (χ3n) is 2.96. The summed E-state index contributed by atoms with van der Waals surface area (Å²) in [5.74, 6) is 0.493. The van der Waals surface area contributed by atoms with E-state index < -0.39 is 0 Å². The van der Waals surface area contributed by atoms with Crippen LogP contribution in [-0.4, -0.2) is 11.5 Å². The van der Waals surface area contributed by atoms with Crippen LogP contribution in [0.4, 0.5) is 0 Å². The van der Waals surface area contributed by atoms with E-state index in [0.29, 0.717) is 5.92 Å². The Bertz CT molecular complexity index is 503. The molecule has 2 nitrogen and oxygen atoms in total. The van der Waals surface area contributed by atoms with Gasteiger partial charge in [-0.05, 0) is 18.5 Å². The molecule has 1 aromatic carbocycles. The fourth-order valence-electron chi connectivity index (χ4n) is 1.94. The number of nitrogens with one attached hydrogen (secondary N) is 1. The molecule has 0 spiro atoms. The van der Waals surface area contributed by atoms with Crippen LogP contribution >= 0.6 is 11.3 Å². The molecule has 0 amide bonds. The van der Waals surface area contributed by atoms with E-state index in [0.717, 1.165) is 19.5 Å². The summed E-state index contributed by atoms with van der Waals surface area (Å²) in [6.07, 6.45) is 1.15. The van der Waals surface area contributed by atoms with Crippen molar-refractivity contribution in [2.24, 2.45) is 0 Å². The van der Waals surface area contributed by atoms with Gasteiger partial charge in [0, 0.05) is 12.5 Å². The van der Waals surface area contributed by atoms with Crippen molar-refractivity contribution in [3.8, 4) is 10.4 Å². The van der Waals surface area contributed by atoms with Gasteiger partial charge in [0.1, 0.15) is 0 Å². The molecule has 1 aromatic heterocycles. The molecule has 0 aliphatic carbocycles. The SMILES string of the molecule is CCCNCc1nc(C(C)C)sc1-c1ccccc1. The Kier molecular flexibility index (Phi) is 5.11. The first-order chi connectivity index (χ1) is 9.22. The number of aromatic nitrogens is 1. The lowest BCUT2D eigenvalue weighted by Crippen LogP contribution is -2.14. The van der Waals surface area contributed by atoms with Gasteiger partial charge in [-0.1, -0.05) is 51.1 Å². The summed E-state index contributed by atoms with van der Waals surface area (Å²) in [4.78, 5) is 6.13. The molecule has 1 N–H and O–H groups in total. The van der Waals surface area contributed by atoms with Crippen molar-refractivity contribution in [3.05, 3.63) is 41.0 Å². The molecule has 0 aliphatic heterocycles. The minimum absolute atomic E-state index is 0.493. The minimum atomic E-state index is 0.493. The van der Waals surface area contributed by atoms with E-state index in [2.05, 4.69) is 56.4 Å². The Balaban J connectivity index is 2.29. The van der Waals surface area contributed by atoms with Crippen LogP contribution < -0.4 is 5.32 Å². The first-order valence-corrected chi connectivity index (χ1v) is 7.79. The molecule has 0 unspecified atom stereocenters. The van der Waals surface area contributed by atoms with E-state index in [9.17, 15) is 0 Å². The molecule has 19 heavy (non-hydrogen) atoms. The lowest BCUT2D eigenvalue weighted by atomic mass is 10.1. The molecular formula is C16H22N2S. The zero-order valence-electron chi connectivity index (χ0n) is 11.9. The van der Waals surface area contributed by atoms with Gasteiger partial charge in [-0.3, -0.25) is 0 Å². The average molecular weight is 274 g/mol.